The van der Waals surface area contributed by atoms with Crippen LogP contribution in [0, 0.1) is 0 Å². The molecule has 0 spiro atoms. The van der Waals surface area contributed by atoms with Gasteiger partial charge in [-0.05, 0) is 40.8 Å². The molecule has 3 heteroatoms. The minimum atomic E-state index is -3.21. The first-order valence-corrected chi connectivity index (χ1v) is 14.3. The molecule has 0 fully saturated rings. The van der Waals surface area contributed by atoms with Gasteiger partial charge < -0.3 is 9.13 Å². The fourth-order valence-corrected chi connectivity index (χ4v) is 9.59. The van der Waals surface area contributed by atoms with Crippen molar-refractivity contribution in [1.82, 2.24) is 4.57 Å². The average Bonchev–Trinajstić information content (AvgIpc) is 3.31. The summed E-state index contributed by atoms with van der Waals surface area (Å²) in [5.41, 5.74) is 5.52. The van der Waals surface area contributed by atoms with Gasteiger partial charge in [0.05, 0.1) is 11.0 Å². The van der Waals surface area contributed by atoms with E-state index in [-0.39, 0.29) is 0 Å². The Kier molecular flexibility index (Phi) is 4.24. The van der Waals surface area contributed by atoms with Crippen LogP contribution >= 0.6 is 7.14 Å². The van der Waals surface area contributed by atoms with Crippen LogP contribution in [0.4, 0.5) is 0 Å². The Balaban J connectivity index is 1.64. The molecule has 0 saturated carbocycles. The molecule has 1 unspecified atom stereocenters. The van der Waals surface area contributed by atoms with Gasteiger partial charge >= 0.3 is 0 Å². The molecule has 0 bridgehead atoms. The molecule has 37 heavy (non-hydrogen) atoms. The molecular weight excluding hydrogens is 469 g/mol. The first-order valence-electron chi connectivity index (χ1n) is 12.6. The molecule has 2 heterocycles. The standard InChI is InChI=1S/C34H22NOP/c36-37(25-15-5-2-6-16-25)31-20-10-12-23-11-9-18-26(32(23)31)27-21-22-30-33(34(27)37)28-17-7-8-19-29(28)35(30)24-13-3-1-4-14-24/h1-22H. The lowest BCUT2D eigenvalue weighted by atomic mass is 9.96. The molecule has 0 N–H and O–H groups in total. The molecule has 1 aliphatic rings. The van der Waals surface area contributed by atoms with Crippen molar-refractivity contribution < 1.29 is 4.57 Å². The van der Waals surface area contributed by atoms with Crippen molar-refractivity contribution in [3.05, 3.63) is 133 Å². The third-order valence-electron chi connectivity index (χ3n) is 7.77. The molecule has 8 rings (SSSR count). The fourth-order valence-electron chi connectivity index (χ4n) is 6.28. The number of hydrogen-bond acceptors (Lipinski definition) is 1. The number of rotatable bonds is 2. The zero-order valence-electron chi connectivity index (χ0n) is 20.0. The van der Waals surface area contributed by atoms with Crippen LogP contribution in [0.5, 0.6) is 0 Å². The number of hydrogen-bond donors (Lipinski definition) is 0. The van der Waals surface area contributed by atoms with E-state index in [4.69, 9.17) is 0 Å². The normalized spacial score (nSPS) is 16.3. The zero-order valence-corrected chi connectivity index (χ0v) is 20.9. The summed E-state index contributed by atoms with van der Waals surface area (Å²) >= 11 is 0. The van der Waals surface area contributed by atoms with Crippen LogP contribution < -0.4 is 15.9 Å². The quantitative estimate of drug-likeness (QED) is 0.229. The molecule has 7 aromatic rings. The Morgan fingerprint density at radius 3 is 2.03 bits per heavy atom. The number of para-hydroxylation sites is 2. The van der Waals surface area contributed by atoms with Crippen LogP contribution in [-0.2, 0) is 4.57 Å². The van der Waals surface area contributed by atoms with Crippen molar-refractivity contribution >= 4 is 55.6 Å². The van der Waals surface area contributed by atoms with Gasteiger partial charge in [0.2, 0.25) is 0 Å². The molecule has 2 nitrogen and oxygen atoms in total. The summed E-state index contributed by atoms with van der Waals surface area (Å²) in [6.07, 6.45) is 0. The molecule has 174 valence electrons. The minimum absolute atomic E-state index is 0.877. The smallest absolute Gasteiger partial charge is 0.172 e. The van der Waals surface area contributed by atoms with Crippen LogP contribution in [0.2, 0.25) is 0 Å². The fraction of sp³-hybridized carbons (Fsp3) is 0. The molecule has 0 saturated heterocycles. The van der Waals surface area contributed by atoms with Crippen molar-refractivity contribution in [2.45, 2.75) is 0 Å². The second-order valence-electron chi connectivity index (χ2n) is 9.67. The van der Waals surface area contributed by atoms with Crippen molar-refractivity contribution in [3.8, 4) is 16.8 Å². The Bertz CT molecular complexity index is 2050. The summed E-state index contributed by atoms with van der Waals surface area (Å²) in [6.45, 7) is 0. The average molecular weight is 492 g/mol. The van der Waals surface area contributed by atoms with Crippen LogP contribution in [0.1, 0.15) is 0 Å². The van der Waals surface area contributed by atoms with Gasteiger partial charge in [-0.15, -0.1) is 0 Å². The zero-order chi connectivity index (χ0) is 24.6. The van der Waals surface area contributed by atoms with Crippen LogP contribution in [0.25, 0.3) is 49.4 Å². The Hall–Kier alpha value is -4.39. The summed E-state index contributed by atoms with van der Waals surface area (Å²) in [5.74, 6) is 0. The maximum atomic E-state index is 15.9. The second kappa shape index (κ2) is 7.56. The van der Waals surface area contributed by atoms with Gasteiger partial charge in [-0.2, -0.15) is 0 Å². The Labute approximate surface area is 214 Å². The predicted octanol–water partition coefficient (Wildman–Crippen LogP) is 7.56. The van der Waals surface area contributed by atoms with E-state index in [0.29, 0.717) is 0 Å². The summed E-state index contributed by atoms with van der Waals surface area (Å²) in [6, 6.07) is 46.1. The Morgan fingerprint density at radius 1 is 0.514 bits per heavy atom. The first-order chi connectivity index (χ1) is 18.3. The number of nitrogens with zero attached hydrogens (tertiary/aromatic N) is 1. The molecule has 6 aromatic carbocycles. The molecule has 0 amide bonds. The van der Waals surface area contributed by atoms with Crippen molar-refractivity contribution in [2.75, 3.05) is 0 Å². The van der Waals surface area contributed by atoms with Gasteiger partial charge in [0, 0.05) is 37.8 Å². The highest BCUT2D eigenvalue weighted by molar-refractivity contribution is 7.86. The van der Waals surface area contributed by atoms with E-state index in [2.05, 4.69) is 102 Å². The SMILES string of the molecule is O=P1(c2ccccc2)c2cccc3cccc(c23)-c2ccc3c(c21)c1ccccc1n3-c1ccccc1. The molecule has 0 aliphatic carbocycles. The molecule has 1 aliphatic heterocycles. The largest absolute Gasteiger partial charge is 0.309 e. The predicted molar refractivity (Wildman–Crippen MR) is 157 cm³/mol. The van der Waals surface area contributed by atoms with Crippen molar-refractivity contribution in [1.29, 1.82) is 0 Å². The second-order valence-corrected chi connectivity index (χ2v) is 12.3. The number of benzene rings is 6. The highest BCUT2D eigenvalue weighted by Crippen LogP contribution is 2.54. The van der Waals surface area contributed by atoms with Gasteiger partial charge in [0.1, 0.15) is 0 Å². The van der Waals surface area contributed by atoms with E-state index >= 15 is 4.57 Å². The van der Waals surface area contributed by atoms with E-state index in [1.54, 1.807) is 0 Å². The van der Waals surface area contributed by atoms with E-state index in [0.717, 1.165) is 65.3 Å². The highest BCUT2D eigenvalue weighted by atomic mass is 31.2. The maximum Gasteiger partial charge on any atom is 0.172 e. The molecule has 1 atom stereocenters. The van der Waals surface area contributed by atoms with Gasteiger partial charge in [0.25, 0.3) is 0 Å². The van der Waals surface area contributed by atoms with Gasteiger partial charge in [-0.3, -0.25) is 0 Å². The molecule has 0 radical (unpaired) electrons. The topological polar surface area (TPSA) is 22.0 Å². The summed E-state index contributed by atoms with van der Waals surface area (Å²) in [7, 11) is -3.21. The van der Waals surface area contributed by atoms with Crippen LogP contribution in [-0.4, -0.2) is 4.57 Å². The first kappa shape index (κ1) is 20.8. The molecule has 1 aromatic heterocycles. The lowest BCUT2D eigenvalue weighted by Gasteiger charge is -2.30. The van der Waals surface area contributed by atoms with E-state index in [9.17, 15) is 0 Å². The lowest BCUT2D eigenvalue weighted by molar-refractivity contribution is 0.592. The molecular formula is C34H22NOP. The highest BCUT2D eigenvalue weighted by Gasteiger charge is 2.40. The summed E-state index contributed by atoms with van der Waals surface area (Å²) in [5, 5.41) is 7.20. The third kappa shape index (κ3) is 2.68. The summed E-state index contributed by atoms with van der Waals surface area (Å²) in [4.78, 5) is 0. The monoisotopic (exact) mass is 491 g/mol. The van der Waals surface area contributed by atoms with Crippen LogP contribution in [0.15, 0.2) is 133 Å². The van der Waals surface area contributed by atoms with Gasteiger partial charge in [0.15, 0.2) is 7.14 Å². The lowest BCUT2D eigenvalue weighted by Crippen LogP contribution is -2.30. The third-order valence-corrected chi connectivity index (χ3v) is 10.9. The van der Waals surface area contributed by atoms with Gasteiger partial charge in [-0.1, -0.05) is 109 Å². The maximum absolute atomic E-state index is 15.9. The van der Waals surface area contributed by atoms with E-state index < -0.39 is 7.14 Å². The van der Waals surface area contributed by atoms with E-state index in [1.807, 2.05) is 36.4 Å². The number of fused-ring (bicyclic) bond motifs is 6. The Morgan fingerprint density at radius 2 is 1.22 bits per heavy atom. The minimum Gasteiger partial charge on any atom is -0.309 e. The van der Waals surface area contributed by atoms with E-state index in [1.165, 1.54) is 0 Å². The van der Waals surface area contributed by atoms with Gasteiger partial charge in [-0.25, -0.2) is 0 Å². The van der Waals surface area contributed by atoms with Crippen molar-refractivity contribution in [2.24, 2.45) is 0 Å². The number of aromatic nitrogens is 1. The van der Waals surface area contributed by atoms with Crippen LogP contribution in [0.3, 0.4) is 0 Å². The summed E-state index contributed by atoms with van der Waals surface area (Å²) < 4.78 is 18.2. The van der Waals surface area contributed by atoms with Crippen molar-refractivity contribution in [3.63, 3.8) is 0 Å².